The molecule has 0 aliphatic rings. The van der Waals surface area contributed by atoms with Crippen LogP contribution in [0.4, 0.5) is 0 Å². The average molecular weight is 376 g/mol. The zero-order chi connectivity index (χ0) is 19.3. The summed E-state index contributed by atoms with van der Waals surface area (Å²) in [5.41, 5.74) is 1.23. The normalized spacial score (nSPS) is 14.1. The molecular weight excluding hydrogens is 347 g/mol. The van der Waals surface area contributed by atoms with Gasteiger partial charge in [0.1, 0.15) is 0 Å². The summed E-state index contributed by atoms with van der Waals surface area (Å²) in [6.07, 6.45) is 0.468. The molecule has 0 saturated heterocycles. The Labute approximate surface area is 164 Å². The van der Waals surface area contributed by atoms with Crippen LogP contribution in [0.1, 0.15) is 26.3 Å². The Hall–Kier alpha value is -1.95. The van der Waals surface area contributed by atoms with Crippen molar-refractivity contribution in [2.24, 2.45) is 5.41 Å². The predicted molar refractivity (Wildman–Crippen MR) is 118 cm³/mol. The van der Waals surface area contributed by atoms with Crippen molar-refractivity contribution >= 4 is 18.5 Å². The van der Waals surface area contributed by atoms with Crippen LogP contribution in [0.15, 0.2) is 91.0 Å². The molecule has 27 heavy (non-hydrogen) atoms. The van der Waals surface area contributed by atoms with E-state index in [0.717, 1.165) is 6.42 Å². The van der Waals surface area contributed by atoms with Crippen LogP contribution in [0.25, 0.3) is 0 Å². The summed E-state index contributed by atoms with van der Waals surface area (Å²) < 4.78 is 0. The van der Waals surface area contributed by atoms with Crippen molar-refractivity contribution in [2.75, 3.05) is 0 Å². The third-order valence-corrected chi connectivity index (χ3v) is 8.04. The van der Waals surface area contributed by atoms with Gasteiger partial charge >= 0.3 is 0 Å². The smallest absolute Gasteiger partial charge is 0.0664 e. The highest BCUT2D eigenvalue weighted by atomic mass is 31.1. The fraction of sp³-hybridized carbons (Fsp3) is 0.280. The van der Waals surface area contributed by atoms with E-state index in [4.69, 9.17) is 0 Å². The first-order chi connectivity index (χ1) is 13.0. The molecule has 0 unspecified atom stereocenters. The number of hydrogen-bond donors (Lipinski definition) is 1. The standard InChI is InChI=1S/C25H29OP/c1-20(24(26)25(2,3)19-21-13-7-4-8-14-21)27(22-15-9-5-10-16-22)23-17-11-6-12-18-23/h4-18,20,24,26H,19H2,1-3H3/t20-,24-/m1/s1. The Kier molecular flexibility index (Phi) is 6.47. The molecule has 0 saturated carbocycles. The van der Waals surface area contributed by atoms with E-state index in [1.54, 1.807) is 0 Å². The van der Waals surface area contributed by atoms with Gasteiger partial charge in [0, 0.05) is 5.66 Å². The first-order valence-electron chi connectivity index (χ1n) is 9.60. The lowest BCUT2D eigenvalue weighted by Crippen LogP contribution is -2.41. The van der Waals surface area contributed by atoms with Gasteiger partial charge in [0.15, 0.2) is 0 Å². The van der Waals surface area contributed by atoms with Gasteiger partial charge in [-0.2, -0.15) is 0 Å². The third-order valence-electron chi connectivity index (χ3n) is 5.24. The maximum absolute atomic E-state index is 11.4. The summed E-state index contributed by atoms with van der Waals surface area (Å²) in [6, 6.07) is 31.8. The van der Waals surface area contributed by atoms with E-state index in [0.29, 0.717) is 0 Å². The maximum atomic E-state index is 11.4. The van der Waals surface area contributed by atoms with Crippen LogP contribution in [-0.2, 0) is 6.42 Å². The molecule has 3 aromatic carbocycles. The van der Waals surface area contributed by atoms with E-state index in [1.807, 2.05) is 6.07 Å². The number of aliphatic hydroxyl groups is 1. The molecule has 3 aromatic rings. The second-order valence-corrected chi connectivity index (χ2v) is 10.5. The Balaban J connectivity index is 1.90. The Morgan fingerprint density at radius 2 is 1.15 bits per heavy atom. The van der Waals surface area contributed by atoms with Gasteiger partial charge in [0.2, 0.25) is 0 Å². The van der Waals surface area contributed by atoms with Crippen LogP contribution in [0.5, 0.6) is 0 Å². The van der Waals surface area contributed by atoms with Crippen molar-refractivity contribution in [1.29, 1.82) is 0 Å². The van der Waals surface area contributed by atoms with E-state index in [-0.39, 0.29) is 11.1 Å². The fourth-order valence-corrected chi connectivity index (χ4v) is 6.73. The number of hydrogen-bond acceptors (Lipinski definition) is 1. The maximum Gasteiger partial charge on any atom is 0.0664 e. The van der Waals surface area contributed by atoms with Crippen LogP contribution in [-0.4, -0.2) is 16.9 Å². The first kappa shape index (κ1) is 19.8. The lowest BCUT2D eigenvalue weighted by atomic mass is 9.79. The largest absolute Gasteiger partial charge is 0.392 e. The monoisotopic (exact) mass is 376 g/mol. The molecule has 2 heteroatoms. The van der Waals surface area contributed by atoms with Crippen LogP contribution in [0.2, 0.25) is 0 Å². The van der Waals surface area contributed by atoms with Gasteiger partial charge in [-0.1, -0.05) is 112 Å². The van der Waals surface area contributed by atoms with Gasteiger partial charge in [-0.3, -0.25) is 0 Å². The first-order valence-corrected chi connectivity index (χ1v) is 11.0. The van der Waals surface area contributed by atoms with Crippen molar-refractivity contribution in [1.82, 2.24) is 0 Å². The second kappa shape index (κ2) is 8.83. The van der Waals surface area contributed by atoms with Crippen LogP contribution in [0.3, 0.4) is 0 Å². The van der Waals surface area contributed by atoms with Crippen molar-refractivity contribution in [3.05, 3.63) is 96.6 Å². The Bertz CT molecular complexity index is 775. The highest BCUT2D eigenvalue weighted by Gasteiger charge is 2.36. The molecular formula is C25H29OP. The van der Waals surface area contributed by atoms with Crippen molar-refractivity contribution in [3.8, 4) is 0 Å². The summed E-state index contributed by atoms with van der Waals surface area (Å²) in [5, 5.41) is 14.1. The number of rotatable bonds is 7. The molecule has 0 aliphatic heterocycles. The highest BCUT2D eigenvalue weighted by molar-refractivity contribution is 7.73. The molecule has 1 nitrogen and oxygen atoms in total. The fourth-order valence-electron chi connectivity index (χ4n) is 3.82. The molecule has 3 rings (SSSR count). The summed E-state index contributed by atoms with van der Waals surface area (Å²) in [7, 11) is -0.640. The summed E-state index contributed by atoms with van der Waals surface area (Å²) >= 11 is 0. The van der Waals surface area contributed by atoms with Gasteiger partial charge in [-0.25, -0.2) is 0 Å². The molecule has 0 bridgehead atoms. The SMILES string of the molecule is C[C@H]([C@@H](O)C(C)(C)Cc1ccccc1)P(c1ccccc1)c1ccccc1. The second-order valence-electron chi connectivity index (χ2n) is 7.88. The van der Waals surface area contributed by atoms with Crippen molar-refractivity contribution in [2.45, 2.75) is 39.0 Å². The van der Waals surface area contributed by atoms with E-state index in [9.17, 15) is 5.11 Å². The minimum Gasteiger partial charge on any atom is -0.392 e. The molecule has 1 N–H and O–H groups in total. The summed E-state index contributed by atoms with van der Waals surface area (Å²) in [4.78, 5) is 0. The molecule has 0 aliphatic carbocycles. The summed E-state index contributed by atoms with van der Waals surface area (Å²) in [5.74, 6) is 0. The zero-order valence-electron chi connectivity index (χ0n) is 16.4. The average Bonchev–Trinajstić information content (AvgIpc) is 2.69. The molecule has 140 valence electrons. The Morgan fingerprint density at radius 1 is 0.741 bits per heavy atom. The van der Waals surface area contributed by atoms with Gasteiger partial charge in [-0.15, -0.1) is 0 Å². The summed E-state index contributed by atoms with van der Waals surface area (Å²) in [6.45, 7) is 6.58. The molecule has 0 radical (unpaired) electrons. The van der Waals surface area contributed by atoms with E-state index < -0.39 is 14.0 Å². The van der Waals surface area contributed by atoms with Crippen LogP contribution < -0.4 is 10.6 Å². The molecule has 2 atom stereocenters. The Morgan fingerprint density at radius 3 is 1.59 bits per heavy atom. The molecule has 0 amide bonds. The highest BCUT2D eigenvalue weighted by Crippen LogP contribution is 2.45. The van der Waals surface area contributed by atoms with E-state index in [2.05, 4.69) is 106 Å². The lowest BCUT2D eigenvalue weighted by Gasteiger charge is -2.38. The molecule has 0 fully saturated rings. The predicted octanol–water partition coefficient (Wildman–Crippen LogP) is 5.14. The van der Waals surface area contributed by atoms with E-state index in [1.165, 1.54) is 16.2 Å². The molecule has 0 spiro atoms. The minimum absolute atomic E-state index is 0.156. The van der Waals surface area contributed by atoms with Crippen LogP contribution in [0, 0.1) is 5.41 Å². The van der Waals surface area contributed by atoms with Gasteiger partial charge in [0.05, 0.1) is 6.10 Å². The number of benzene rings is 3. The van der Waals surface area contributed by atoms with Crippen molar-refractivity contribution in [3.63, 3.8) is 0 Å². The topological polar surface area (TPSA) is 20.2 Å². The van der Waals surface area contributed by atoms with Crippen LogP contribution >= 0.6 is 7.92 Å². The lowest BCUT2D eigenvalue weighted by molar-refractivity contribution is 0.0511. The van der Waals surface area contributed by atoms with E-state index >= 15 is 0 Å². The van der Waals surface area contributed by atoms with Gasteiger partial charge in [0.25, 0.3) is 0 Å². The van der Waals surface area contributed by atoms with Gasteiger partial charge < -0.3 is 5.11 Å². The quantitative estimate of drug-likeness (QED) is 0.566. The zero-order valence-corrected chi connectivity index (χ0v) is 17.3. The number of aliphatic hydroxyl groups excluding tert-OH is 1. The molecule has 0 heterocycles. The van der Waals surface area contributed by atoms with Gasteiger partial charge in [-0.05, 0) is 35.9 Å². The van der Waals surface area contributed by atoms with Crippen molar-refractivity contribution < 1.29 is 5.11 Å². The minimum atomic E-state index is -0.640. The third kappa shape index (κ3) is 4.86. The molecule has 0 aromatic heterocycles.